The molecule has 0 aromatic heterocycles. The van der Waals surface area contributed by atoms with E-state index in [9.17, 15) is 15.0 Å². The van der Waals surface area contributed by atoms with Crippen molar-refractivity contribution in [3.8, 4) is 11.5 Å². The van der Waals surface area contributed by atoms with Crippen molar-refractivity contribution in [2.24, 2.45) is 5.41 Å². The number of Topliss-reactive ketones (excluding diaryl/α,β-unsaturated/α-hetero) is 1. The summed E-state index contributed by atoms with van der Waals surface area (Å²) in [5.41, 5.74) is 3.78. The fraction of sp³-hybridized carbons (Fsp3) is 0.438. The third-order valence-corrected chi connectivity index (χ3v) is 5.79. The van der Waals surface area contributed by atoms with Gasteiger partial charge in [-0.25, -0.2) is 0 Å². The standard InChI is InChI=1S/C16H17BrO3/c1-3-16-5-4-11(18)8(2)13(16)9-6-12(19)15(20)14(17)10(9)7-16/h6,19-20H,3-5,7H2,1-2H3. The molecule has 106 valence electrons. The van der Waals surface area contributed by atoms with Crippen LogP contribution >= 0.6 is 15.9 Å². The van der Waals surface area contributed by atoms with Crippen molar-refractivity contribution in [1.82, 2.24) is 0 Å². The monoisotopic (exact) mass is 336 g/mol. The second kappa shape index (κ2) is 4.35. The number of rotatable bonds is 1. The van der Waals surface area contributed by atoms with Crippen LogP contribution in [0.3, 0.4) is 0 Å². The molecule has 0 heterocycles. The third kappa shape index (κ3) is 1.60. The van der Waals surface area contributed by atoms with Gasteiger partial charge in [-0.15, -0.1) is 0 Å². The quantitative estimate of drug-likeness (QED) is 0.763. The molecule has 0 bridgehead atoms. The average molecular weight is 337 g/mol. The maximum Gasteiger partial charge on any atom is 0.172 e. The lowest BCUT2D eigenvalue weighted by molar-refractivity contribution is -0.116. The summed E-state index contributed by atoms with van der Waals surface area (Å²) in [5, 5.41) is 19.8. The van der Waals surface area contributed by atoms with E-state index in [2.05, 4.69) is 22.9 Å². The van der Waals surface area contributed by atoms with E-state index in [0.717, 1.165) is 41.5 Å². The fourth-order valence-electron chi connectivity index (χ4n) is 3.75. The first-order chi connectivity index (χ1) is 9.41. The Balaban J connectivity index is 2.34. The summed E-state index contributed by atoms with van der Waals surface area (Å²) in [6.07, 6.45) is 3.20. The van der Waals surface area contributed by atoms with E-state index in [0.29, 0.717) is 10.9 Å². The Hall–Kier alpha value is -1.29. The molecule has 4 heteroatoms. The van der Waals surface area contributed by atoms with Gasteiger partial charge in [0.05, 0.1) is 4.47 Å². The SMILES string of the molecule is CCC12CCC(=O)C(C)=C1c1cc(O)c(O)c(Br)c1C2. The van der Waals surface area contributed by atoms with Gasteiger partial charge < -0.3 is 10.2 Å². The Morgan fingerprint density at radius 3 is 2.75 bits per heavy atom. The molecule has 1 aromatic carbocycles. The minimum atomic E-state index is -0.138. The first kappa shape index (κ1) is 13.7. The second-order valence-electron chi connectivity index (χ2n) is 5.82. The number of allylic oxidation sites excluding steroid dienone is 2. The van der Waals surface area contributed by atoms with Gasteiger partial charge >= 0.3 is 0 Å². The molecule has 0 aliphatic heterocycles. The van der Waals surface area contributed by atoms with Gasteiger partial charge in [0.15, 0.2) is 17.3 Å². The Bertz CT molecular complexity index is 660. The van der Waals surface area contributed by atoms with Gasteiger partial charge in [0.2, 0.25) is 0 Å². The molecule has 20 heavy (non-hydrogen) atoms. The zero-order valence-electron chi connectivity index (χ0n) is 11.6. The lowest BCUT2D eigenvalue weighted by Crippen LogP contribution is -2.27. The minimum Gasteiger partial charge on any atom is -0.504 e. The molecule has 2 aliphatic carbocycles. The number of phenols is 2. The number of carbonyl (C=O) groups is 1. The highest BCUT2D eigenvalue weighted by molar-refractivity contribution is 9.10. The van der Waals surface area contributed by atoms with E-state index in [1.807, 2.05) is 6.92 Å². The molecule has 0 spiro atoms. The highest BCUT2D eigenvalue weighted by atomic mass is 79.9. The van der Waals surface area contributed by atoms with Crippen LogP contribution in [0, 0.1) is 5.41 Å². The first-order valence-electron chi connectivity index (χ1n) is 6.89. The van der Waals surface area contributed by atoms with Crippen LogP contribution in [0.2, 0.25) is 0 Å². The van der Waals surface area contributed by atoms with E-state index < -0.39 is 0 Å². The van der Waals surface area contributed by atoms with Crippen molar-refractivity contribution < 1.29 is 15.0 Å². The molecule has 3 rings (SSSR count). The first-order valence-corrected chi connectivity index (χ1v) is 7.69. The summed E-state index contributed by atoms with van der Waals surface area (Å²) >= 11 is 3.39. The predicted molar refractivity (Wildman–Crippen MR) is 80.7 cm³/mol. The van der Waals surface area contributed by atoms with Crippen LogP contribution in [-0.4, -0.2) is 16.0 Å². The van der Waals surface area contributed by atoms with Crippen molar-refractivity contribution in [3.63, 3.8) is 0 Å². The molecular weight excluding hydrogens is 320 g/mol. The lowest BCUT2D eigenvalue weighted by atomic mass is 9.68. The smallest absolute Gasteiger partial charge is 0.172 e. The predicted octanol–water partition coefficient (Wildman–Crippen LogP) is 3.95. The molecule has 0 saturated carbocycles. The summed E-state index contributed by atoms with van der Waals surface area (Å²) in [6.45, 7) is 4.02. The Kier molecular flexibility index (Phi) is 2.98. The summed E-state index contributed by atoms with van der Waals surface area (Å²) in [4.78, 5) is 12.1. The summed E-state index contributed by atoms with van der Waals surface area (Å²) in [6, 6.07) is 1.60. The molecule has 2 N–H and O–H groups in total. The van der Waals surface area contributed by atoms with Crippen molar-refractivity contribution in [2.75, 3.05) is 0 Å². The van der Waals surface area contributed by atoms with E-state index in [1.54, 1.807) is 6.07 Å². The molecule has 3 nitrogen and oxygen atoms in total. The minimum absolute atomic E-state index is 0.0247. The number of hydrogen-bond acceptors (Lipinski definition) is 3. The molecule has 1 unspecified atom stereocenters. The molecule has 1 aromatic rings. The van der Waals surface area contributed by atoms with Crippen molar-refractivity contribution in [1.29, 1.82) is 0 Å². The number of aromatic hydroxyl groups is 2. The zero-order chi connectivity index (χ0) is 14.7. The number of phenolic OH excluding ortho intramolecular Hbond substituents is 2. The van der Waals surface area contributed by atoms with Gasteiger partial charge in [-0.1, -0.05) is 6.92 Å². The van der Waals surface area contributed by atoms with Crippen LogP contribution in [0.25, 0.3) is 5.57 Å². The fourth-order valence-corrected chi connectivity index (χ4v) is 4.30. The van der Waals surface area contributed by atoms with Gasteiger partial charge in [0.25, 0.3) is 0 Å². The summed E-state index contributed by atoms with van der Waals surface area (Å²) in [7, 11) is 0. The molecule has 0 fully saturated rings. The Morgan fingerprint density at radius 1 is 1.40 bits per heavy atom. The van der Waals surface area contributed by atoms with Crippen LogP contribution in [0.15, 0.2) is 16.1 Å². The van der Waals surface area contributed by atoms with Gasteiger partial charge in [-0.05, 0) is 70.5 Å². The van der Waals surface area contributed by atoms with E-state index in [1.165, 1.54) is 0 Å². The van der Waals surface area contributed by atoms with Gasteiger partial charge in [-0.3, -0.25) is 4.79 Å². The van der Waals surface area contributed by atoms with Crippen molar-refractivity contribution in [3.05, 3.63) is 27.2 Å². The third-order valence-electron chi connectivity index (χ3n) is 4.94. The number of carbonyl (C=O) groups excluding carboxylic acids is 1. The Morgan fingerprint density at radius 2 is 2.10 bits per heavy atom. The largest absolute Gasteiger partial charge is 0.504 e. The molecular formula is C16H17BrO3. The topological polar surface area (TPSA) is 57.5 Å². The summed E-state index contributed by atoms with van der Waals surface area (Å²) < 4.78 is 0.558. The number of ketones is 1. The lowest BCUT2D eigenvalue weighted by Gasteiger charge is -2.34. The maximum atomic E-state index is 12.1. The average Bonchev–Trinajstić information content (AvgIpc) is 2.77. The number of fused-ring (bicyclic) bond motifs is 3. The van der Waals surface area contributed by atoms with Gasteiger partial charge in [-0.2, -0.15) is 0 Å². The normalized spacial score (nSPS) is 24.9. The van der Waals surface area contributed by atoms with E-state index in [-0.39, 0.29) is 22.7 Å². The summed E-state index contributed by atoms with van der Waals surface area (Å²) in [5.74, 6) is -0.0558. The van der Waals surface area contributed by atoms with Crippen molar-refractivity contribution >= 4 is 27.3 Å². The highest BCUT2D eigenvalue weighted by Gasteiger charge is 2.46. The number of benzene rings is 1. The van der Waals surface area contributed by atoms with Crippen LogP contribution in [-0.2, 0) is 11.2 Å². The maximum absolute atomic E-state index is 12.1. The number of halogens is 1. The number of hydrogen-bond donors (Lipinski definition) is 2. The van der Waals surface area contributed by atoms with Crippen LogP contribution in [0.4, 0.5) is 0 Å². The second-order valence-corrected chi connectivity index (χ2v) is 6.61. The van der Waals surface area contributed by atoms with Crippen molar-refractivity contribution in [2.45, 2.75) is 39.5 Å². The molecule has 1 atom stereocenters. The highest BCUT2D eigenvalue weighted by Crippen LogP contribution is 2.58. The van der Waals surface area contributed by atoms with Crippen LogP contribution < -0.4 is 0 Å². The molecule has 0 saturated heterocycles. The van der Waals surface area contributed by atoms with Crippen LogP contribution in [0.5, 0.6) is 11.5 Å². The molecule has 0 radical (unpaired) electrons. The Labute approximate surface area is 126 Å². The zero-order valence-corrected chi connectivity index (χ0v) is 13.2. The van der Waals surface area contributed by atoms with Gasteiger partial charge in [0, 0.05) is 11.8 Å². The molecule has 0 amide bonds. The van der Waals surface area contributed by atoms with Crippen LogP contribution in [0.1, 0.15) is 44.2 Å². The van der Waals surface area contributed by atoms with E-state index >= 15 is 0 Å². The van der Waals surface area contributed by atoms with E-state index in [4.69, 9.17) is 0 Å². The van der Waals surface area contributed by atoms with Gasteiger partial charge in [0.1, 0.15) is 0 Å². The molecule has 2 aliphatic rings.